The van der Waals surface area contributed by atoms with E-state index in [0.717, 1.165) is 0 Å². The predicted octanol–water partition coefficient (Wildman–Crippen LogP) is 1.52. The lowest BCUT2D eigenvalue weighted by Gasteiger charge is -2.02. The molecule has 108 valence electrons. The van der Waals surface area contributed by atoms with Crippen molar-refractivity contribution < 1.29 is 19.4 Å². The van der Waals surface area contributed by atoms with Crippen LogP contribution in [0.2, 0.25) is 0 Å². The van der Waals surface area contributed by atoms with Crippen LogP contribution in [0, 0.1) is 0 Å². The zero-order valence-electron chi connectivity index (χ0n) is 10.6. The predicted molar refractivity (Wildman–Crippen MR) is 80.3 cm³/mol. The molecule has 0 unspecified atom stereocenters. The fraction of sp³-hybridized carbons (Fsp3) is 0. The molecule has 0 amide bonds. The molecule has 0 bridgehead atoms. The zero-order valence-corrected chi connectivity index (χ0v) is 11.4. The lowest BCUT2D eigenvalue weighted by molar-refractivity contribution is 0.0694. The number of aromatic carboxylic acids is 1. The Labute approximate surface area is 124 Å². The van der Waals surface area contributed by atoms with Gasteiger partial charge in [0, 0.05) is 5.56 Å². The van der Waals surface area contributed by atoms with Crippen LogP contribution in [0.1, 0.15) is 16.1 Å². The second-order valence-corrected chi connectivity index (χ2v) is 4.41. The molecule has 0 aliphatic heterocycles. The van der Waals surface area contributed by atoms with Gasteiger partial charge in [-0.15, -0.1) is 0 Å². The van der Waals surface area contributed by atoms with E-state index in [1.165, 1.54) is 18.3 Å². The quantitative estimate of drug-likeness (QED) is 0.384. The molecule has 1 aromatic carbocycles. The molecule has 2 rings (SSSR count). The number of phenols is 1. The van der Waals surface area contributed by atoms with Gasteiger partial charge < -0.3 is 20.4 Å². The Morgan fingerprint density at radius 2 is 2.14 bits per heavy atom. The molecule has 0 atom stereocenters. The van der Waals surface area contributed by atoms with Crippen molar-refractivity contribution in [3.05, 3.63) is 41.7 Å². The molecule has 2 aromatic rings. The maximum atomic E-state index is 11.0. The number of thiocarbonyl (C=S) groups is 1. The van der Waals surface area contributed by atoms with Gasteiger partial charge in [-0.05, 0) is 42.5 Å². The van der Waals surface area contributed by atoms with Crippen LogP contribution in [-0.4, -0.2) is 27.5 Å². The van der Waals surface area contributed by atoms with E-state index in [1.54, 1.807) is 18.2 Å². The van der Waals surface area contributed by atoms with Gasteiger partial charge in [-0.25, -0.2) is 4.79 Å². The van der Waals surface area contributed by atoms with E-state index in [4.69, 9.17) is 15.3 Å². The lowest BCUT2D eigenvalue weighted by atomic mass is 10.1. The van der Waals surface area contributed by atoms with Crippen LogP contribution >= 0.6 is 12.2 Å². The normalized spacial score (nSPS) is 10.7. The summed E-state index contributed by atoms with van der Waals surface area (Å²) in [5, 5.41) is 22.2. The molecule has 0 saturated heterocycles. The summed E-state index contributed by atoms with van der Waals surface area (Å²) >= 11 is 4.59. The highest BCUT2D eigenvalue weighted by Gasteiger charge is 2.12. The third-order valence-electron chi connectivity index (χ3n) is 2.50. The van der Waals surface area contributed by atoms with Crippen LogP contribution < -0.4 is 11.2 Å². The summed E-state index contributed by atoms with van der Waals surface area (Å²) in [6, 6.07) is 7.47. The summed E-state index contributed by atoms with van der Waals surface area (Å²) in [7, 11) is 0. The van der Waals surface area contributed by atoms with E-state index >= 15 is 0 Å². The highest BCUT2D eigenvalue weighted by atomic mass is 32.1. The Morgan fingerprint density at radius 1 is 1.38 bits per heavy atom. The minimum Gasteiger partial charge on any atom is -0.507 e. The molecule has 1 heterocycles. The summed E-state index contributed by atoms with van der Waals surface area (Å²) < 4.78 is 5.48. The number of rotatable bonds is 4. The average molecular weight is 305 g/mol. The number of carbonyl (C=O) groups is 1. The van der Waals surface area contributed by atoms with Gasteiger partial charge in [-0.2, -0.15) is 5.10 Å². The Hall–Kier alpha value is -2.87. The van der Waals surface area contributed by atoms with Crippen LogP contribution in [0.4, 0.5) is 0 Å². The first-order chi connectivity index (χ1) is 9.97. The van der Waals surface area contributed by atoms with Crippen LogP contribution in [0.15, 0.2) is 39.9 Å². The number of benzene rings is 1. The summed E-state index contributed by atoms with van der Waals surface area (Å²) in [4.78, 5) is 11.0. The fourth-order valence-electron chi connectivity index (χ4n) is 1.60. The third-order valence-corrected chi connectivity index (χ3v) is 2.60. The lowest BCUT2D eigenvalue weighted by Crippen LogP contribution is -2.23. The van der Waals surface area contributed by atoms with E-state index in [-0.39, 0.29) is 16.4 Å². The molecule has 0 aliphatic rings. The van der Waals surface area contributed by atoms with Crippen molar-refractivity contribution in [3.8, 4) is 17.1 Å². The van der Waals surface area contributed by atoms with E-state index < -0.39 is 5.97 Å². The van der Waals surface area contributed by atoms with Gasteiger partial charge in [-0.3, -0.25) is 5.43 Å². The molecule has 0 fully saturated rings. The number of carboxylic acid groups (broad SMARTS) is 1. The van der Waals surface area contributed by atoms with Crippen molar-refractivity contribution in [2.45, 2.75) is 0 Å². The Morgan fingerprint density at radius 3 is 2.81 bits per heavy atom. The molecule has 21 heavy (non-hydrogen) atoms. The highest BCUT2D eigenvalue weighted by Crippen LogP contribution is 2.27. The highest BCUT2D eigenvalue weighted by molar-refractivity contribution is 7.80. The molecule has 0 radical (unpaired) electrons. The van der Waals surface area contributed by atoms with Crippen molar-refractivity contribution in [3.63, 3.8) is 0 Å². The average Bonchev–Trinajstić information content (AvgIpc) is 2.87. The number of nitrogens with two attached hydrogens (primary N) is 1. The van der Waals surface area contributed by atoms with Crippen LogP contribution in [0.3, 0.4) is 0 Å². The molecule has 0 spiro atoms. The molecule has 8 heteroatoms. The fourth-order valence-corrected chi connectivity index (χ4v) is 1.65. The zero-order chi connectivity index (χ0) is 15.4. The smallest absolute Gasteiger partial charge is 0.339 e. The van der Waals surface area contributed by atoms with Crippen molar-refractivity contribution in [2.75, 3.05) is 0 Å². The molecule has 1 aromatic heterocycles. The van der Waals surface area contributed by atoms with E-state index in [2.05, 4.69) is 22.7 Å². The Bertz CT molecular complexity index is 724. The van der Waals surface area contributed by atoms with Gasteiger partial charge in [0.2, 0.25) is 0 Å². The largest absolute Gasteiger partial charge is 0.507 e. The second-order valence-electron chi connectivity index (χ2n) is 3.97. The molecular formula is C13H11N3O4S. The van der Waals surface area contributed by atoms with Gasteiger partial charge in [0.05, 0.1) is 6.21 Å². The summed E-state index contributed by atoms with van der Waals surface area (Å²) in [6.45, 7) is 0. The van der Waals surface area contributed by atoms with Crippen molar-refractivity contribution in [1.82, 2.24) is 5.43 Å². The number of nitrogens with one attached hydrogen (secondary N) is 1. The van der Waals surface area contributed by atoms with Crippen molar-refractivity contribution in [2.24, 2.45) is 10.8 Å². The number of nitrogens with zero attached hydrogens (tertiary/aromatic N) is 1. The van der Waals surface area contributed by atoms with Gasteiger partial charge in [0.25, 0.3) is 0 Å². The topological polar surface area (TPSA) is 121 Å². The molecule has 5 N–H and O–H groups in total. The molecular weight excluding hydrogens is 294 g/mol. The maximum Gasteiger partial charge on any atom is 0.339 e. The summed E-state index contributed by atoms with van der Waals surface area (Å²) in [6.07, 6.45) is 1.38. The SMILES string of the molecule is NC(=S)N/N=C/c1ccc(-c2ccc(O)c(C(=O)O)c2)o1. The summed E-state index contributed by atoms with van der Waals surface area (Å²) in [5.41, 5.74) is 7.91. The Balaban J connectivity index is 2.25. The molecule has 7 nitrogen and oxygen atoms in total. The minimum atomic E-state index is -1.22. The third kappa shape index (κ3) is 3.57. The van der Waals surface area contributed by atoms with Gasteiger partial charge in [-0.1, -0.05) is 0 Å². The van der Waals surface area contributed by atoms with Crippen LogP contribution in [0.5, 0.6) is 5.75 Å². The molecule has 0 aliphatic carbocycles. The number of carboxylic acids is 1. The number of aromatic hydroxyl groups is 1. The first-order valence-corrected chi connectivity index (χ1v) is 6.13. The van der Waals surface area contributed by atoms with E-state index in [0.29, 0.717) is 17.1 Å². The van der Waals surface area contributed by atoms with Crippen molar-refractivity contribution >= 4 is 29.5 Å². The maximum absolute atomic E-state index is 11.0. The standard InChI is InChI=1S/C13H11N3O4S/c14-13(21)16-15-6-8-2-4-11(20-8)7-1-3-10(17)9(5-7)12(18)19/h1-6,17H,(H,18,19)(H3,14,16,21)/b15-6+. The minimum absolute atomic E-state index is 0.0302. The number of hydrogen-bond acceptors (Lipinski definition) is 5. The first-order valence-electron chi connectivity index (χ1n) is 5.72. The molecule has 0 saturated carbocycles. The van der Waals surface area contributed by atoms with Crippen molar-refractivity contribution in [1.29, 1.82) is 0 Å². The van der Waals surface area contributed by atoms with Gasteiger partial charge >= 0.3 is 5.97 Å². The van der Waals surface area contributed by atoms with E-state index in [1.807, 2.05) is 0 Å². The first kappa shape index (κ1) is 14.5. The van der Waals surface area contributed by atoms with Gasteiger partial charge in [0.15, 0.2) is 5.11 Å². The van der Waals surface area contributed by atoms with Crippen LogP contribution in [0.25, 0.3) is 11.3 Å². The van der Waals surface area contributed by atoms with Gasteiger partial charge in [0.1, 0.15) is 22.8 Å². The second kappa shape index (κ2) is 6.06. The van der Waals surface area contributed by atoms with Crippen LogP contribution in [-0.2, 0) is 0 Å². The number of furan rings is 1. The Kier molecular flexibility index (Phi) is 4.19. The van der Waals surface area contributed by atoms with E-state index in [9.17, 15) is 9.90 Å². The number of hydrogen-bond donors (Lipinski definition) is 4. The number of hydrazone groups is 1. The summed E-state index contributed by atoms with van der Waals surface area (Å²) in [5.74, 6) is -0.656. The monoisotopic (exact) mass is 305 g/mol.